The van der Waals surface area contributed by atoms with E-state index in [0.29, 0.717) is 11.3 Å². The van der Waals surface area contributed by atoms with Gasteiger partial charge in [-0.15, -0.1) is 0 Å². The first-order valence-corrected chi connectivity index (χ1v) is 5.59. The first kappa shape index (κ1) is 12.3. The third-order valence-electron chi connectivity index (χ3n) is 2.59. The lowest BCUT2D eigenvalue weighted by Crippen LogP contribution is -2.23. The summed E-state index contributed by atoms with van der Waals surface area (Å²) in [5.74, 6) is -0.290. The molecule has 0 saturated heterocycles. The lowest BCUT2D eigenvalue weighted by Gasteiger charge is -2.07. The minimum atomic E-state index is -0.290. The summed E-state index contributed by atoms with van der Waals surface area (Å²) in [6, 6.07) is 13.4. The Balaban J connectivity index is 2.34. The average Bonchev–Trinajstić information content (AvgIpc) is 2.40. The molecule has 0 aliphatic heterocycles. The lowest BCUT2D eigenvalue weighted by atomic mass is 10.1. The van der Waals surface area contributed by atoms with Gasteiger partial charge in [-0.3, -0.25) is 14.6 Å². The second-order valence-electron chi connectivity index (χ2n) is 3.83. The van der Waals surface area contributed by atoms with Gasteiger partial charge in [0.15, 0.2) is 0 Å². The van der Waals surface area contributed by atoms with Crippen molar-refractivity contribution in [3.8, 4) is 11.3 Å². The standard InChI is InChI=1S/C14H14N2O2/c1-10-12(14(17)16-18-2)8-9-13(15-10)11-6-4-3-5-7-11/h3-9H,1-2H3,(H,16,17). The van der Waals surface area contributed by atoms with Gasteiger partial charge in [0.1, 0.15) is 0 Å². The van der Waals surface area contributed by atoms with Crippen LogP contribution in [0.15, 0.2) is 42.5 Å². The number of nitrogens with one attached hydrogen (secondary N) is 1. The maximum atomic E-state index is 11.6. The molecular weight excluding hydrogens is 228 g/mol. The minimum Gasteiger partial charge on any atom is -0.277 e. The molecule has 1 aromatic carbocycles. The third-order valence-corrected chi connectivity index (χ3v) is 2.59. The molecule has 1 amide bonds. The van der Waals surface area contributed by atoms with Gasteiger partial charge in [0.05, 0.1) is 24.1 Å². The van der Waals surface area contributed by atoms with Crippen molar-refractivity contribution in [1.82, 2.24) is 10.5 Å². The van der Waals surface area contributed by atoms with Crippen LogP contribution in [-0.4, -0.2) is 18.0 Å². The van der Waals surface area contributed by atoms with Crippen molar-refractivity contribution >= 4 is 5.91 Å². The summed E-state index contributed by atoms with van der Waals surface area (Å²) in [7, 11) is 1.40. The van der Waals surface area contributed by atoms with Crippen molar-refractivity contribution in [1.29, 1.82) is 0 Å². The van der Waals surface area contributed by atoms with Gasteiger partial charge >= 0.3 is 0 Å². The number of aryl methyl sites for hydroxylation is 1. The Morgan fingerprint density at radius 2 is 1.89 bits per heavy atom. The van der Waals surface area contributed by atoms with E-state index in [2.05, 4.69) is 15.3 Å². The molecule has 1 heterocycles. The molecule has 4 nitrogen and oxygen atoms in total. The zero-order valence-electron chi connectivity index (χ0n) is 10.3. The van der Waals surface area contributed by atoms with E-state index >= 15 is 0 Å². The Bertz CT molecular complexity index is 553. The summed E-state index contributed by atoms with van der Waals surface area (Å²) in [6.07, 6.45) is 0. The van der Waals surface area contributed by atoms with Gasteiger partial charge in [0.25, 0.3) is 5.91 Å². The second kappa shape index (κ2) is 5.42. The predicted molar refractivity (Wildman–Crippen MR) is 68.9 cm³/mol. The highest BCUT2D eigenvalue weighted by Gasteiger charge is 2.10. The molecule has 2 rings (SSSR count). The van der Waals surface area contributed by atoms with Crippen molar-refractivity contribution in [2.75, 3.05) is 7.11 Å². The van der Waals surface area contributed by atoms with E-state index in [1.54, 1.807) is 13.0 Å². The molecule has 0 bridgehead atoms. The topological polar surface area (TPSA) is 51.2 Å². The summed E-state index contributed by atoms with van der Waals surface area (Å²) in [4.78, 5) is 20.7. The number of carbonyl (C=O) groups is 1. The van der Waals surface area contributed by atoms with Crippen molar-refractivity contribution in [2.45, 2.75) is 6.92 Å². The summed E-state index contributed by atoms with van der Waals surface area (Å²) in [5.41, 5.74) is 5.34. The Labute approximate surface area is 106 Å². The molecule has 0 aliphatic rings. The normalized spacial score (nSPS) is 10.1. The van der Waals surface area contributed by atoms with Crippen LogP contribution in [0.3, 0.4) is 0 Å². The molecule has 1 aromatic heterocycles. The van der Waals surface area contributed by atoms with Crippen LogP contribution in [0.1, 0.15) is 16.1 Å². The third kappa shape index (κ3) is 2.55. The molecule has 18 heavy (non-hydrogen) atoms. The van der Waals surface area contributed by atoms with Crippen LogP contribution in [-0.2, 0) is 4.84 Å². The second-order valence-corrected chi connectivity index (χ2v) is 3.83. The number of pyridine rings is 1. The Kier molecular flexibility index (Phi) is 3.69. The first-order valence-electron chi connectivity index (χ1n) is 5.59. The van der Waals surface area contributed by atoms with Gasteiger partial charge in [-0.05, 0) is 19.1 Å². The SMILES string of the molecule is CONC(=O)c1ccc(-c2ccccc2)nc1C. The number of hydrogen-bond donors (Lipinski definition) is 1. The predicted octanol–water partition coefficient (Wildman–Crippen LogP) is 2.35. The van der Waals surface area contributed by atoms with Crippen LogP contribution in [0.25, 0.3) is 11.3 Å². The smallest absolute Gasteiger partial charge is 0.276 e. The number of benzene rings is 1. The maximum Gasteiger partial charge on any atom is 0.276 e. The van der Waals surface area contributed by atoms with Crippen LogP contribution < -0.4 is 5.48 Å². The van der Waals surface area contributed by atoms with Gasteiger partial charge in [-0.2, -0.15) is 0 Å². The van der Waals surface area contributed by atoms with Crippen LogP contribution >= 0.6 is 0 Å². The Hall–Kier alpha value is -2.20. The molecule has 0 atom stereocenters. The zero-order valence-corrected chi connectivity index (χ0v) is 10.3. The lowest BCUT2D eigenvalue weighted by molar-refractivity contribution is 0.0536. The van der Waals surface area contributed by atoms with Crippen LogP contribution in [0.2, 0.25) is 0 Å². The van der Waals surface area contributed by atoms with E-state index in [0.717, 1.165) is 11.3 Å². The molecule has 0 unspecified atom stereocenters. The van der Waals surface area contributed by atoms with Crippen molar-refractivity contribution in [2.24, 2.45) is 0 Å². The molecular formula is C14H14N2O2. The van der Waals surface area contributed by atoms with E-state index in [-0.39, 0.29) is 5.91 Å². The Morgan fingerprint density at radius 3 is 2.50 bits per heavy atom. The van der Waals surface area contributed by atoms with Gasteiger partial charge in [0, 0.05) is 5.56 Å². The molecule has 0 aliphatic carbocycles. The monoisotopic (exact) mass is 242 g/mol. The molecule has 0 spiro atoms. The van der Waals surface area contributed by atoms with E-state index in [1.165, 1.54) is 7.11 Å². The number of rotatable bonds is 3. The number of nitrogens with zero attached hydrogens (tertiary/aromatic N) is 1. The van der Waals surface area contributed by atoms with Gasteiger partial charge in [-0.1, -0.05) is 30.3 Å². The molecule has 0 saturated carbocycles. The fourth-order valence-corrected chi connectivity index (χ4v) is 1.72. The largest absolute Gasteiger partial charge is 0.277 e. The van der Waals surface area contributed by atoms with Gasteiger partial charge in [0.2, 0.25) is 0 Å². The quantitative estimate of drug-likeness (QED) is 0.840. The van der Waals surface area contributed by atoms with Crippen molar-refractivity contribution in [3.05, 3.63) is 53.7 Å². The van der Waals surface area contributed by atoms with Crippen LogP contribution in [0.5, 0.6) is 0 Å². The fraction of sp³-hybridized carbons (Fsp3) is 0.143. The first-order chi connectivity index (χ1) is 8.72. The van der Waals surface area contributed by atoms with Crippen molar-refractivity contribution in [3.63, 3.8) is 0 Å². The molecule has 92 valence electrons. The number of hydroxylamine groups is 1. The highest BCUT2D eigenvalue weighted by atomic mass is 16.6. The zero-order chi connectivity index (χ0) is 13.0. The molecule has 2 aromatic rings. The van der Waals surface area contributed by atoms with Crippen LogP contribution in [0.4, 0.5) is 0 Å². The van der Waals surface area contributed by atoms with Crippen molar-refractivity contribution < 1.29 is 9.63 Å². The summed E-state index contributed by atoms with van der Waals surface area (Å²) in [6.45, 7) is 1.80. The number of hydrogen-bond acceptors (Lipinski definition) is 3. The van der Waals surface area contributed by atoms with E-state index in [1.807, 2.05) is 36.4 Å². The number of amides is 1. The summed E-state index contributed by atoms with van der Waals surface area (Å²) < 4.78 is 0. The summed E-state index contributed by atoms with van der Waals surface area (Å²) in [5, 5.41) is 0. The number of carbonyl (C=O) groups excluding carboxylic acids is 1. The van der Waals surface area contributed by atoms with Crippen LogP contribution in [0, 0.1) is 6.92 Å². The highest BCUT2D eigenvalue weighted by Crippen LogP contribution is 2.18. The van der Waals surface area contributed by atoms with Gasteiger partial charge < -0.3 is 0 Å². The molecule has 4 heteroatoms. The molecule has 1 N–H and O–H groups in total. The minimum absolute atomic E-state index is 0.290. The number of aromatic nitrogens is 1. The maximum absolute atomic E-state index is 11.6. The highest BCUT2D eigenvalue weighted by molar-refractivity contribution is 5.94. The van der Waals surface area contributed by atoms with E-state index in [9.17, 15) is 4.79 Å². The van der Waals surface area contributed by atoms with E-state index < -0.39 is 0 Å². The Morgan fingerprint density at radius 1 is 1.17 bits per heavy atom. The molecule has 0 fully saturated rings. The fourth-order valence-electron chi connectivity index (χ4n) is 1.72. The average molecular weight is 242 g/mol. The van der Waals surface area contributed by atoms with E-state index in [4.69, 9.17) is 0 Å². The van der Waals surface area contributed by atoms with Gasteiger partial charge in [-0.25, -0.2) is 5.48 Å². The summed E-state index contributed by atoms with van der Waals surface area (Å²) >= 11 is 0. The molecule has 0 radical (unpaired) electrons.